The minimum Gasteiger partial charge on any atom is -0.308 e. The van der Waals surface area contributed by atoms with Gasteiger partial charge in [0.05, 0.1) is 0 Å². The Hall–Kier alpha value is 0.1000. The van der Waals surface area contributed by atoms with Crippen LogP contribution in [-0.4, -0.2) is 43.5 Å². The van der Waals surface area contributed by atoms with Crippen molar-refractivity contribution in [1.82, 2.24) is 9.80 Å². The second kappa shape index (κ2) is 7.43. The van der Waals surface area contributed by atoms with E-state index in [1.165, 1.54) is 22.3 Å². The maximum absolute atomic E-state index is 3.51. The van der Waals surface area contributed by atoms with E-state index in [2.05, 4.69) is 58.2 Å². The standard InChI is InChI=1S/C12H21BrN2S/c1-4-5-15(7-6-14(2)3)9-12-8-11(13)10-16-12/h8,10H,4-7,9H2,1-3H3. The maximum Gasteiger partial charge on any atom is 0.0328 e. The van der Waals surface area contributed by atoms with Crippen LogP contribution in [0, 0.1) is 0 Å². The summed E-state index contributed by atoms with van der Waals surface area (Å²) in [6.45, 7) is 6.79. The van der Waals surface area contributed by atoms with Gasteiger partial charge in [-0.1, -0.05) is 6.92 Å². The zero-order valence-electron chi connectivity index (χ0n) is 10.4. The molecule has 4 heteroatoms. The van der Waals surface area contributed by atoms with E-state index in [4.69, 9.17) is 0 Å². The third kappa shape index (κ3) is 5.43. The van der Waals surface area contributed by atoms with Gasteiger partial charge in [0.15, 0.2) is 0 Å². The molecule has 0 atom stereocenters. The fourth-order valence-electron chi connectivity index (χ4n) is 1.58. The summed E-state index contributed by atoms with van der Waals surface area (Å²) in [5.41, 5.74) is 0. The fourth-order valence-corrected chi connectivity index (χ4v) is 3.08. The van der Waals surface area contributed by atoms with Crippen molar-refractivity contribution in [2.24, 2.45) is 0 Å². The topological polar surface area (TPSA) is 6.48 Å². The molecule has 0 saturated carbocycles. The molecule has 0 amide bonds. The molecule has 0 aliphatic rings. The van der Waals surface area contributed by atoms with E-state index >= 15 is 0 Å². The van der Waals surface area contributed by atoms with Crippen molar-refractivity contribution in [3.05, 3.63) is 20.8 Å². The largest absolute Gasteiger partial charge is 0.308 e. The van der Waals surface area contributed by atoms with E-state index in [0.717, 1.165) is 19.6 Å². The number of nitrogens with zero attached hydrogens (tertiary/aromatic N) is 2. The van der Waals surface area contributed by atoms with E-state index in [1.54, 1.807) is 0 Å². The van der Waals surface area contributed by atoms with Crippen molar-refractivity contribution < 1.29 is 0 Å². The van der Waals surface area contributed by atoms with Crippen molar-refractivity contribution >= 4 is 27.3 Å². The Labute approximate surface area is 111 Å². The first-order valence-corrected chi connectivity index (χ1v) is 7.39. The van der Waals surface area contributed by atoms with Crippen LogP contribution < -0.4 is 0 Å². The van der Waals surface area contributed by atoms with E-state index in [-0.39, 0.29) is 0 Å². The number of thiophene rings is 1. The molecule has 0 aromatic carbocycles. The summed E-state index contributed by atoms with van der Waals surface area (Å²) in [6, 6.07) is 2.23. The molecule has 0 fully saturated rings. The summed E-state index contributed by atoms with van der Waals surface area (Å²) in [4.78, 5) is 6.21. The number of likely N-dealkylation sites (N-methyl/N-ethyl adjacent to an activating group) is 1. The van der Waals surface area contributed by atoms with Crippen LogP contribution in [0.2, 0.25) is 0 Å². The average molecular weight is 305 g/mol. The SMILES string of the molecule is CCCN(CCN(C)C)Cc1cc(Br)cs1. The van der Waals surface area contributed by atoms with Crippen molar-refractivity contribution in [2.45, 2.75) is 19.9 Å². The molecule has 92 valence electrons. The van der Waals surface area contributed by atoms with Crippen molar-refractivity contribution in [3.8, 4) is 0 Å². The first kappa shape index (κ1) is 14.2. The Morgan fingerprint density at radius 2 is 2.00 bits per heavy atom. The summed E-state index contributed by atoms with van der Waals surface area (Å²) >= 11 is 5.34. The minimum atomic E-state index is 1.08. The van der Waals surface area contributed by atoms with Gasteiger partial charge in [-0.25, -0.2) is 0 Å². The smallest absolute Gasteiger partial charge is 0.0328 e. The van der Waals surface area contributed by atoms with Gasteiger partial charge in [0.1, 0.15) is 0 Å². The highest BCUT2D eigenvalue weighted by Gasteiger charge is 2.07. The second-order valence-electron chi connectivity index (χ2n) is 4.31. The zero-order valence-corrected chi connectivity index (χ0v) is 12.8. The van der Waals surface area contributed by atoms with E-state index in [9.17, 15) is 0 Å². The lowest BCUT2D eigenvalue weighted by Crippen LogP contribution is -2.31. The second-order valence-corrected chi connectivity index (χ2v) is 6.22. The van der Waals surface area contributed by atoms with Gasteiger partial charge >= 0.3 is 0 Å². The average Bonchev–Trinajstić information content (AvgIpc) is 2.61. The fraction of sp³-hybridized carbons (Fsp3) is 0.667. The number of hydrogen-bond acceptors (Lipinski definition) is 3. The van der Waals surface area contributed by atoms with Crippen molar-refractivity contribution in [2.75, 3.05) is 33.7 Å². The molecular weight excluding hydrogens is 284 g/mol. The molecule has 0 spiro atoms. The molecular formula is C12H21BrN2S. The Kier molecular flexibility index (Phi) is 6.58. The Balaban J connectivity index is 2.43. The lowest BCUT2D eigenvalue weighted by atomic mass is 10.3. The van der Waals surface area contributed by atoms with Crippen LogP contribution in [0.4, 0.5) is 0 Å². The van der Waals surface area contributed by atoms with Gasteiger partial charge in [0, 0.05) is 34.4 Å². The molecule has 1 rings (SSSR count). The Morgan fingerprint density at radius 3 is 2.50 bits per heavy atom. The van der Waals surface area contributed by atoms with Crippen molar-refractivity contribution in [3.63, 3.8) is 0 Å². The van der Waals surface area contributed by atoms with Crippen molar-refractivity contribution in [1.29, 1.82) is 0 Å². The van der Waals surface area contributed by atoms with Gasteiger partial charge in [-0.15, -0.1) is 11.3 Å². The molecule has 0 aliphatic carbocycles. The summed E-state index contributed by atoms with van der Waals surface area (Å²) < 4.78 is 1.21. The normalized spacial score (nSPS) is 11.6. The van der Waals surface area contributed by atoms with Crippen LogP contribution >= 0.6 is 27.3 Å². The lowest BCUT2D eigenvalue weighted by molar-refractivity contribution is 0.235. The quantitative estimate of drug-likeness (QED) is 0.763. The third-order valence-electron chi connectivity index (χ3n) is 2.40. The molecule has 1 aromatic rings. The first-order chi connectivity index (χ1) is 7.61. The van der Waals surface area contributed by atoms with Gasteiger partial charge in [0.25, 0.3) is 0 Å². The van der Waals surface area contributed by atoms with Crippen LogP contribution in [-0.2, 0) is 6.54 Å². The predicted molar refractivity (Wildman–Crippen MR) is 76.1 cm³/mol. The molecule has 1 heterocycles. The minimum absolute atomic E-state index is 1.08. The van der Waals surface area contributed by atoms with Crippen LogP contribution in [0.1, 0.15) is 18.2 Å². The van der Waals surface area contributed by atoms with E-state index < -0.39 is 0 Å². The number of rotatable bonds is 7. The maximum atomic E-state index is 3.51. The Bertz CT molecular complexity index is 299. The van der Waals surface area contributed by atoms with Gasteiger partial charge < -0.3 is 4.90 Å². The van der Waals surface area contributed by atoms with E-state index in [1.807, 2.05) is 11.3 Å². The highest BCUT2D eigenvalue weighted by Crippen LogP contribution is 2.21. The summed E-state index contributed by atoms with van der Waals surface area (Å²) in [6.07, 6.45) is 1.22. The molecule has 0 N–H and O–H groups in total. The molecule has 0 aliphatic heterocycles. The van der Waals surface area contributed by atoms with Gasteiger partial charge in [-0.2, -0.15) is 0 Å². The molecule has 0 saturated heterocycles. The highest BCUT2D eigenvalue weighted by molar-refractivity contribution is 9.10. The molecule has 0 radical (unpaired) electrons. The molecule has 0 bridgehead atoms. The van der Waals surface area contributed by atoms with Crippen LogP contribution in [0.3, 0.4) is 0 Å². The molecule has 1 aromatic heterocycles. The number of hydrogen-bond donors (Lipinski definition) is 0. The van der Waals surface area contributed by atoms with E-state index in [0.29, 0.717) is 0 Å². The molecule has 16 heavy (non-hydrogen) atoms. The summed E-state index contributed by atoms with van der Waals surface area (Å²) in [5.74, 6) is 0. The van der Waals surface area contributed by atoms with Crippen LogP contribution in [0.15, 0.2) is 15.9 Å². The lowest BCUT2D eigenvalue weighted by Gasteiger charge is -2.22. The highest BCUT2D eigenvalue weighted by atomic mass is 79.9. The zero-order chi connectivity index (χ0) is 12.0. The Morgan fingerprint density at radius 1 is 1.25 bits per heavy atom. The van der Waals surface area contributed by atoms with Crippen LogP contribution in [0.25, 0.3) is 0 Å². The predicted octanol–water partition coefficient (Wildman–Crippen LogP) is 3.28. The number of halogens is 1. The van der Waals surface area contributed by atoms with Gasteiger partial charge in [-0.3, -0.25) is 4.90 Å². The summed E-state index contributed by atoms with van der Waals surface area (Å²) in [7, 11) is 4.26. The third-order valence-corrected chi connectivity index (χ3v) is 4.09. The van der Waals surface area contributed by atoms with Crippen LogP contribution in [0.5, 0.6) is 0 Å². The van der Waals surface area contributed by atoms with Gasteiger partial charge in [0.2, 0.25) is 0 Å². The first-order valence-electron chi connectivity index (χ1n) is 5.71. The van der Waals surface area contributed by atoms with Gasteiger partial charge in [-0.05, 0) is 49.1 Å². The molecule has 0 unspecified atom stereocenters. The summed E-state index contributed by atoms with van der Waals surface area (Å²) in [5, 5.41) is 2.16. The monoisotopic (exact) mass is 304 g/mol. The molecule has 2 nitrogen and oxygen atoms in total.